The molecule has 0 aliphatic carbocycles. The number of nitrogens with one attached hydrogen (secondary N) is 1. The first-order valence-electron chi connectivity index (χ1n) is 4.82. The van der Waals surface area contributed by atoms with E-state index in [9.17, 15) is 10.1 Å². The molecule has 16 heavy (non-hydrogen) atoms. The lowest BCUT2D eigenvalue weighted by Crippen LogP contribution is -2.23. The van der Waals surface area contributed by atoms with Crippen molar-refractivity contribution >= 4 is 11.4 Å². The lowest BCUT2D eigenvalue weighted by atomic mass is 10.2. The summed E-state index contributed by atoms with van der Waals surface area (Å²) in [6.07, 6.45) is -0.876. The predicted molar refractivity (Wildman–Crippen MR) is 59.4 cm³/mol. The van der Waals surface area contributed by atoms with Crippen LogP contribution in [0.3, 0.4) is 0 Å². The van der Waals surface area contributed by atoms with Crippen molar-refractivity contribution in [2.24, 2.45) is 0 Å². The molecule has 0 amide bonds. The second kappa shape index (κ2) is 5.43. The number of hydrogen-bond donors (Lipinski definition) is 3. The third-order valence-corrected chi connectivity index (χ3v) is 2.17. The van der Waals surface area contributed by atoms with Crippen molar-refractivity contribution in [3.63, 3.8) is 0 Å². The minimum Gasteiger partial charge on any atom is -0.394 e. The highest BCUT2D eigenvalue weighted by molar-refractivity contribution is 5.56. The van der Waals surface area contributed by atoms with Crippen LogP contribution < -0.4 is 5.32 Å². The number of aryl methyl sites for hydroxylation is 1. The Morgan fingerprint density at radius 1 is 1.56 bits per heavy atom. The minimum atomic E-state index is -0.876. The van der Waals surface area contributed by atoms with E-state index in [1.807, 2.05) is 0 Å². The predicted octanol–water partition coefficient (Wildman–Crippen LogP) is 0.668. The highest BCUT2D eigenvalue weighted by Crippen LogP contribution is 2.21. The molecule has 0 fully saturated rings. The van der Waals surface area contributed by atoms with Gasteiger partial charge in [0.25, 0.3) is 5.69 Å². The van der Waals surface area contributed by atoms with Gasteiger partial charge in [0.2, 0.25) is 0 Å². The molecular formula is C10H14N2O4. The Labute approximate surface area is 92.7 Å². The largest absolute Gasteiger partial charge is 0.394 e. The quantitative estimate of drug-likeness (QED) is 0.506. The summed E-state index contributed by atoms with van der Waals surface area (Å²) in [6.45, 7) is 1.61. The van der Waals surface area contributed by atoms with E-state index >= 15 is 0 Å². The van der Waals surface area contributed by atoms with E-state index in [2.05, 4.69) is 5.32 Å². The summed E-state index contributed by atoms with van der Waals surface area (Å²) in [5.74, 6) is 0. The number of nitro groups is 1. The van der Waals surface area contributed by atoms with Gasteiger partial charge in [0.05, 0.1) is 17.6 Å². The number of nitro benzene ring substituents is 1. The molecule has 0 radical (unpaired) electrons. The zero-order valence-electron chi connectivity index (χ0n) is 8.88. The summed E-state index contributed by atoms with van der Waals surface area (Å²) in [4.78, 5) is 10.1. The average molecular weight is 226 g/mol. The van der Waals surface area contributed by atoms with Crippen LogP contribution in [0.25, 0.3) is 0 Å². The number of aliphatic hydroxyl groups is 2. The van der Waals surface area contributed by atoms with Crippen molar-refractivity contribution in [1.29, 1.82) is 0 Å². The van der Waals surface area contributed by atoms with Crippen LogP contribution in [0.15, 0.2) is 18.2 Å². The van der Waals surface area contributed by atoms with E-state index in [-0.39, 0.29) is 18.8 Å². The molecular weight excluding hydrogens is 212 g/mol. The van der Waals surface area contributed by atoms with E-state index in [1.165, 1.54) is 12.1 Å². The fraction of sp³-hybridized carbons (Fsp3) is 0.400. The average Bonchev–Trinajstić information content (AvgIpc) is 2.27. The molecule has 6 nitrogen and oxygen atoms in total. The molecule has 6 heteroatoms. The molecule has 0 aliphatic rings. The van der Waals surface area contributed by atoms with Crippen molar-refractivity contribution < 1.29 is 15.1 Å². The van der Waals surface area contributed by atoms with Gasteiger partial charge in [0.15, 0.2) is 0 Å². The van der Waals surface area contributed by atoms with Crippen molar-refractivity contribution in [3.05, 3.63) is 33.9 Å². The van der Waals surface area contributed by atoms with Gasteiger partial charge in [0, 0.05) is 24.4 Å². The van der Waals surface area contributed by atoms with Crippen LogP contribution in [0.4, 0.5) is 11.4 Å². The van der Waals surface area contributed by atoms with Crippen LogP contribution in [0.1, 0.15) is 5.56 Å². The van der Waals surface area contributed by atoms with Gasteiger partial charge < -0.3 is 15.5 Å². The first kappa shape index (κ1) is 12.4. The number of hydrogen-bond acceptors (Lipinski definition) is 5. The Hall–Kier alpha value is -1.66. The minimum absolute atomic E-state index is 0.00779. The summed E-state index contributed by atoms with van der Waals surface area (Å²) >= 11 is 0. The maximum absolute atomic E-state index is 10.5. The maximum atomic E-state index is 10.5. The number of rotatable bonds is 5. The molecule has 1 rings (SSSR count). The molecule has 0 aromatic heterocycles. The number of non-ortho nitro benzene ring substituents is 1. The summed E-state index contributed by atoms with van der Waals surface area (Å²) in [7, 11) is 0. The van der Waals surface area contributed by atoms with Gasteiger partial charge in [0.1, 0.15) is 0 Å². The fourth-order valence-corrected chi connectivity index (χ4v) is 1.21. The molecule has 1 atom stereocenters. The zero-order chi connectivity index (χ0) is 12.1. The SMILES string of the molecule is Cc1ccc([N+](=O)[O-])cc1NCC(O)CO. The van der Waals surface area contributed by atoms with E-state index in [0.717, 1.165) is 5.56 Å². The standard InChI is InChI=1S/C10H14N2O4/c1-7-2-3-8(12(15)16)4-10(7)11-5-9(14)6-13/h2-4,9,11,13-14H,5-6H2,1H3. The molecule has 0 saturated heterocycles. The van der Waals surface area contributed by atoms with Crippen LogP contribution >= 0.6 is 0 Å². The Balaban J connectivity index is 2.78. The molecule has 0 spiro atoms. The summed E-state index contributed by atoms with van der Waals surface area (Å²) < 4.78 is 0. The van der Waals surface area contributed by atoms with Gasteiger partial charge in [-0.25, -0.2) is 0 Å². The van der Waals surface area contributed by atoms with Crippen LogP contribution in [0.2, 0.25) is 0 Å². The Bertz CT molecular complexity index is 381. The molecule has 0 aliphatic heterocycles. The van der Waals surface area contributed by atoms with Crippen LogP contribution in [0.5, 0.6) is 0 Å². The van der Waals surface area contributed by atoms with Crippen molar-refractivity contribution in [3.8, 4) is 0 Å². The highest BCUT2D eigenvalue weighted by atomic mass is 16.6. The second-order valence-electron chi connectivity index (χ2n) is 3.47. The summed E-state index contributed by atoms with van der Waals surface area (Å²) in [5.41, 5.74) is 1.42. The molecule has 1 aromatic rings. The first-order chi connectivity index (χ1) is 7.54. The van der Waals surface area contributed by atoms with E-state index in [4.69, 9.17) is 10.2 Å². The third-order valence-electron chi connectivity index (χ3n) is 2.17. The molecule has 0 bridgehead atoms. The topological polar surface area (TPSA) is 95.6 Å². The third kappa shape index (κ3) is 3.18. The van der Waals surface area contributed by atoms with Crippen molar-refractivity contribution in [2.75, 3.05) is 18.5 Å². The van der Waals surface area contributed by atoms with E-state index in [1.54, 1.807) is 13.0 Å². The Kier molecular flexibility index (Phi) is 4.21. The van der Waals surface area contributed by atoms with E-state index in [0.29, 0.717) is 5.69 Å². The lowest BCUT2D eigenvalue weighted by Gasteiger charge is -2.12. The van der Waals surface area contributed by atoms with Gasteiger partial charge >= 0.3 is 0 Å². The molecule has 88 valence electrons. The van der Waals surface area contributed by atoms with Gasteiger partial charge in [-0.05, 0) is 12.5 Å². The normalized spacial score (nSPS) is 12.2. The van der Waals surface area contributed by atoms with Gasteiger partial charge in [-0.3, -0.25) is 10.1 Å². The fourth-order valence-electron chi connectivity index (χ4n) is 1.21. The Morgan fingerprint density at radius 3 is 2.81 bits per heavy atom. The van der Waals surface area contributed by atoms with Crippen molar-refractivity contribution in [1.82, 2.24) is 0 Å². The molecule has 3 N–H and O–H groups in total. The summed E-state index contributed by atoms with van der Waals surface area (Å²) in [5, 5.41) is 31.2. The van der Waals surface area contributed by atoms with Gasteiger partial charge in [-0.2, -0.15) is 0 Å². The van der Waals surface area contributed by atoms with Crippen molar-refractivity contribution in [2.45, 2.75) is 13.0 Å². The number of aliphatic hydroxyl groups excluding tert-OH is 2. The van der Waals surface area contributed by atoms with E-state index < -0.39 is 11.0 Å². The summed E-state index contributed by atoms with van der Waals surface area (Å²) in [6, 6.07) is 4.45. The molecule has 1 unspecified atom stereocenters. The molecule has 0 heterocycles. The first-order valence-corrected chi connectivity index (χ1v) is 4.82. The highest BCUT2D eigenvalue weighted by Gasteiger charge is 2.09. The molecule has 0 saturated carbocycles. The van der Waals surface area contributed by atoms with Gasteiger partial charge in [-0.1, -0.05) is 6.07 Å². The number of anilines is 1. The maximum Gasteiger partial charge on any atom is 0.271 e. The van der Waals surface area contributed by atoms with Crippen LogP contribution in [-0.2, 0) is 0 Å². The van der Waals surface area contributed by atoms with Gasteiger partial charge in [-0.15, -0.1) is 0 Å². The number of benzene rings is 1. The second-order valence-corrected chi connectivity index (χ2v) is 3.47. The van der Waals surface area contributed by atoms with Crippen LogP contribution in [0, 0.1) is 17.0 Å². The lowest BCUT2D eigenvalue weighted by molar-refractivity contribution is -0.384. The number of nitrogens with zero attached hydrogens (tertiary/aromatic N) is 1. The Morgan fingerprint density at radius 2 is 2.25 bits per heavy atom. The monoisotopic (exact) mass is 226 g/mol. The van der Waals surface area contributed by atoms with Crippen LogP contribution in [-0.4, -0.2) is 34.4 Å². The molecule has 1 aromatic carbocycles. The smallest absolute Gasteiger partial charge is 0.271 e. The zero-order valence-corrected chi connectivity index (χ0v) is 8.88.